The van der Waals surface area contributed by atoms with Gasteiger partial charge in [-0.1, -0.05) is 11.6 Å². The maximum Gasteiger partial charge on any atom is 0.168 e. The number of fused-ring (bicyclic) bond motifs is 1. The lowest BCUT2D eigenvalue weighted by molar-refractivity contribution is 0.766. The van der Waals surface area contributed by atoms with Gasteiger partial charge in [0.2, 0.25) is 0 Å². The van der Waals surface area contributed by atoms with Crippen molar-refractivity contribution in [3.63, 3.8) is 0 Å². The van der Waals surface area contributed by atoms with Crippen LogP contribution in [0.3, 0.4) is 0 Å². The lowest BCUT2D eigenvalue weighted by Gasteiger charge is -2.06. The lowest BCUT2D eigenvalue weighted by atomic mass is 10.2. The molecule has 5 nitrogen and oxygen atoms in total. The Balaban J connectivity index is 2.07. The summed E-state index contributed by atoms with van der Waals surface area (Å²) in [5.41, 5.74) is 9.75. The number of thiocarbonyl (C=S) groups is 1. The minimum atomic E-state index is 0.225. The van der Waals surface area contributed by atoms with E-state index in [1.54, 1.807) is 16.9 Å². The number of aryl methyl sites for hydroxylation is 1. The topological polar surface area (TPSA) is 68.8 Å². The molecule has 0 fully saturated rings. The van der Waals surface area contributed by atoms with E-state index in [4.69, 9.17) is 29.6 Å². The van der Waals surface area contributed by atoms with Crippen molar-refractivity contribution in [3.8, 4) is 5.69 Å². The number of nitrogens with two attached hydrogens (primary N) is 1. The molecule has 0 atom stereocenters. The van der Waals surface area contributed by atoms with Crippen LogP contribution in [0, 0.1) is 6.92 Å². The second-order valence-electron chi connectivity index (χ2n) is 4.61. The number of hydrogen-bond donors (Lipinski definition) is 2. The Labute approximate surface area is 131 Å². The monoisotopic (exact) mass is 317 g/mol. The largest absolute Gasteiger partial charge is 0.376 e. The highest BCUT2D eigenvalue weighted by molar-refractivity contribution is 7.80. The molecule has 0 saturated heterocycles. The standard InChI is InChI=1S/C14H12ClN5S/c1-8-6-12-13(7-11(8)17-14(16)21)19-20(18-12)10-4-2-9(15)3-5-10/h2-7H,1H3,(H3,16,17,21). The lowest BCUT2D eigenvalue weighted by Crippen LogP contribution is -2.19. The fraction of sp³-hybridized carbons (Fsp3) is 0.0714. The summed E-state index contributed by atoms with van der Waals surface area (Å²) in [6.07, 6.45) is 0. The summed E-state index contributed by atoms with van der Waals surface area (Å²) in [6.45, 7) is 1.96. The Morgan fingerprint density at radius 2 is 1.81 bits per heavy atom. The third-order valence-corrected chi connectivity index (χ3v) is 3.40. The third-order valence-electron chi connectivity index (χ3n) is 3.04. The summed E-state index contributed by atoms with van der Waals surface area (Å²) < 4.78 is 0. The summed E-state index contributed by atoms with van der Waals surface area (Å²) in [6, 6.07) is 11.1. The number of anilines is 1. The third kappa shape index (κ3) is 2.81. The Morgan fingerprint density at radius 3 is 2.43 bits per heavy atom. The van der Waals surface area contributed by atoms with Crippen LogP contribution in [-0.2, 0) is 0 Å². The van der Waals surface area contributed by atoms with Gasteiger partial charge in [-0.2, -0.15) is 4.80 Å². The van der Waals surface area contributed by atoms with Crippen molar-refractivity contribution in [2.75, 3.05) is 5.32 Å². The van der Waals surface area contributed by atoms with E-state index in [0.717, 1.165) is 28.0 Å². The van der Waals surface area contributed by atoms with Crippen LogP contribution >= 0.6 is 23.8 Å². The first-order valence-corrected chi connectivity index (χ1v) is 7.01. The van der Waals surface area contributed by atoms with Gasteiger partial charge in [0.15, 0.2) is 5.11 Å². The highest BCUT2D eigenvalue weighted by atomic mass is 35.5. The molecule has 3 aromatic rings. The second kappa shape index (κ2) is 5.31. The fourth-order valence-electron chi connectivity index (χ4n) is 2.03. The number of benzene rings is 2. The van der Waals surface area contributed by atoms with Crippen molar-refractivity contribution in [1.29, 1.82) is 0 Å². The van der Waals surface area contributed by atoms with Crippen LogP contribution in [0.4, 0.5) is 5.69 Å². The van der Waals surface area contributed by atoms with Crippen molar-refractivity contribution in [2.45, 2.75) is 6.92 Å². The molecule has 3 N–H and O–H groups in total. The second-order valence-corrected chi connectivity index (χ2v) is 5.49. The molecule has 0 aliphatic rings. The van der Waals surface area contributed by atoms with Gasteiger partial charge in [0, 0.05) is 10.7 Å². The summed E-state index contributed by atoms with van der Waals surface area (Å²) in [4.78, 5) is 1.57. The molecule has 0 amide bonds. The van der Waals surface area contributed by atoms with Gasteiger partial charge >= 0.3 is 0 Å². The predicted molar refractivity (Wildman–Crippen MR) is 89.0 cm³/mol. The first-order valence-electron chi connectivity index (χ1n) is 6.23. The van der Waals surface area contributed by atoms with E-state index in [1.165, 1.54) is 0 Å². The smallest absolute Gasteiger partial charge is 0.168 e. The van der Waals surface area contributed by atoms with Crippen molar-refractivity contribution in [2.24, 2.45) is 5.73 Å². The molecule has 7 heteroatoms. The average Bonchev–Trinajstić information content (AvgIpc) is 2.82. The molecular weight excluding hydrogens is 306 g/mol. The van der Waals surface area contributed by atoms with Gasteiger partial charge in [-0.3, -0.25) is 0 Å². The van der Waals surface area contributed by atoms with E-state index in [-0.39, 0.29) is 5.11 Å². The quantitative estimate of drug-likeness (QED) is 0.711. The summed E-state index contributed by atoms with van der Waals surface area (Å²) in [5.74, 6) is 0. The number of hydrogen-bond acceptors (Lipinski definition) is 3. The summed E-state index contributed by atoms with van der Waals surface area (Å²) in [7, 11) is 0. The van der Waals surface area contributed by atoms with E-state index in [0.29, 0.717) is 5.02 Å². The molecule has 0 aliphatic heterocycles. The van der Waals surface area contributed by atoms with Gasteiger partial charge in [-0.05, 0) is 61.1 Å². The van der Waals surface area contributed by atoms with Crippen LogP contribution in [0.25, 0.3) is 16.7 Å². The van der Waals surface area contributed by atoms with Crippen LogP contribution < -0.4 is 11.1 Å². The van der Waals surface area contributed by atoms with Crippen LogP contribution in [0.1, 0.15) is 5.56 Å². The van der Waals surface area contributed by atoms with Gasteiger partial charge in [0.05, 0.1) is 5.69 Å². The van der Waals surface area contributed by atoms with Gasteiger partial charge < -0.3 is 11.1 Å². The fourth-order valence-corrected chi connectivity index (χ4v) is 2.26. The van der Waals surface area contributed by atoms with E-state index < -0.39 is 0 Å². The number of rotatable bonds is 2. The zero-order chi connectivity index (χ0) is 15.0. The molecule has 0 unspecified atom stereocenters. The van der Waals surface area contributed by atoms with Crippen molar-refractivity contribution < 1.29 is 0 Å². The summed E-state index contributed by atoms with van der Waals surface area (Å²) >= 11 is 10.8. The highest BCUT2D eigenvalue weighted by Gasteiger charge is 2.08. The van der Waals surface area contributed by atoms with Crippen LogP contribution in [0.2, 0.25) is 5.02 Å². The van der Waals surface area contributed by atoms with Crippen LogP contribution in [0.5, 0.6) is 0 Å². The molecule has 3 rings (SSSR count). The van der Waals surface area contributed by atoms with E-state index in [1.807, 2.05) is 31.2 Å². The molecule has 0 bridgehead atoms. The maximum absolute atomic E-state index is 5.89. The van der Waals surface area contributed by atoms with Gasteiger partial charge in [-0.25, -0.2) is 0 Å². The first-order chi connectivity index (χ1) is 10.0. The maximum atomic E-state index is 5.89. The normalized spacial score (nSPS) is 10.8. The minimum Gasteiger partial charge on any atom is -0.376 e. The Bertz CT molecular complexity index is 825. The van der Waals surface area contributed by atoms with Gasteiger partial charge in [0.25, 0.3) is 0 Å². The zero-order valence-electron chi connectivity index (χ0n) is 11.2. The molecular formula is C14H12ClN5S. The molecule has 106 valence electrons. The SMILES string of the molecule is Cc1cc2nn(-c3ccc(Cl)cc3)nc2cc1NC(N)=S. The molecule has 21 heavy (non-hydrogen) atoms. The summed E-state index contributed by atoms with van der Waals surface area (Å²) in [5, 5.41) is 12.8. The Morgan fingerprint density at radius 1 is 1.19 bits per heavy atom. The van der Waals surface area contributed by atoms with E-state index in [9.17, 15) is 0 Å². The van der Waals surface area contributed by atoms with Gasteiger partial charge in [-0.15, -0.1) is 10.2 Å². The zero-order valence-corrected chi connectivity index (χ0v) is 12.7. The molecule has 1 aromatic heterocycles. The Kier molecular flexibility index (Phi) is 3.48. The predicted octanol–water partition coefficient (Wildman–Crippen LogP) is 3.04. The molecule has 0 spiro atoms. The molecule has 1 heterocycles. The first kappa shape index (κ1) is 13.8. The molecule has 2 aromatic carbocycles. The molecule has 0 aliphatic carbocycles. The van der Waals surface area contributed by atoms with Crippen molar-refractivity contribution in [3.05, 3.63) is 47.0 Å². The molecule has 0 saturated carbocycles. The number of aromatic nitrogens is 3. The minimum absolute atomic E-state index is 0.225. The highest BCUT2D eigenvalue weighted by Crippen LogP contribution is 2.22. The number of nitrogens with zero attached hydrogens (tertiary/aromatic N) is 3. The average molecular weight is 318 g/mol. The van der Waals surface area contributed by atoms with Gasteiger partial charge in [0.1, 0.15) is 11.0 Å². The van der Waals surface area contributed by atoms with Crippen LogP contribution in [-0.4, -0.2) is 20.1 Å². The van der Waals surface area contributed by atoms with Crippen molar-refractivity contribution in [1.82, 2.24) is 15.0 Å². The molecule has 0 radical (unpaired) electrons. The van der Waals surface area contributed by atoms with Crippen LogP contribution in [0.15, 0.2) is 36.4 Å². The Hall–Kier alpha value is -2.18. The van der Waals surface area contributed by atoms with Crippen molar-refractivity contribution >= 4 is 45.7 Å². The number of halogens is 1. The number of nitrogens with one attached hydrogen (secondary N) is 1. The van der Waals surface area contributed by atoms with E-state index >= 15 is 0 Å². The van der Waals surface area contributed by atoms with E-state index in [2.05, 4.69) is 15.5 Å².